The molecule has 2 rings (SSSR count). The molecule has 1 aromatic carbocycles. The molecule has 0 spiro atoms. The van der Waals surface area contributed by atoms with Crippen molar-refractivity contribution >= 4 is 23.0 Å². The van der Waals surface area contributed by atoms with Gasteiger partial charge in [-0.1, -0.05) is 16.8 Å². The predicted molar refractivity (Wildman–Crippen MR) is 74.4 cm³/mol. The quantitative estimate of drug-likeness (QED) is 0.523. The first-order chi connectivity index (χ1) is 9.60. The van der Waals surface area contributed by atoms with Crippen LogP contribution < -0.4 is 0 Å². The summed E-state index contributed by atoms with van der Waals surface area (Å²) >= 11 is 5.86. The minimum atomic E-state index is -0.438. The third-order valence-corrected chi connectivity index (χ3v) is 3.60. The number of oxime groups is 1. The molecule has 1 aliphatic carbocycles. The Kier molecular flexibility index (Phi) is 4.92. The zero-order chi connectivity index (χ0) is 14.5. The van der Waals surface area contributed by atoms with Crippen LogP contribution in [0.25, 0.3) is 0 Å². The van der Waals surface area contributed by atoms with Gasteiger partial charge in [0.25, 0.3) is 5.69 Å². The second-order valence-corrected chi connectivity index (χ2v) is 5.14. The maximum absolute atomic E-state index is 10.9. The summed E-state index contributed by atoms with van der Waals surface area (Å²) in [5.41, 5.74) is 1.27. The highest BCUT2D eigenvalue weighted by Gasteiger charge is 2.20. The molecule has 20 heavy (non-hydrogen) atoms. The molecule has 1 saturated carbocycles. The van der Waals surface area contributed by atoms with Crippen molar-refractivity contribution in [2.45, 2.75) is 38.4 Å². The first-order valence-corrected chi connectivity index (χ1v) is 6.72. The van der Waals surface area contributed by atoms with Gasteiger partial charge in [-0.15, -0.1) is 0 Å². The van der Waals surface area contributed by atoms with E-state index in [1.807, 2.05) is 0 Å². The van der Waals surface area contributed by atoms with Crippen molar-refractivity contribution in [1.29, 1.82) is 0 Å². The van der Waals surface area contributed by atoms with Gasteiger partial charge in [-0.2, -0.15) is 0 Å². The molecule has 0 atom stereocenters. The minimum Gasteiger partial charge on any atom is -0.411 e. The number of rotatable bonds is 4. The van der Waals surface area contributed by atoms with Gasteiger partial charge in [-0.05, 0) is 37.8 Å². The number of halogens is 1. The van der Waals surface area contributed by atoms with E-state index in [0.29, 0.717) is 23.4 Å². The van der Waals surface area contributed by atoms with Crippen LogP contribution in [0.1, 0.15) is 31.2 Å². The summed E-state index contributed by atoms with van der Waals surface area (Å²) in [6, 6.07) is 4.44. The number of nitro groups is 1. The van der Waals surface area contributed by atoms with E-state index in [-0.39, 0.29) is 18.4 Å². The molecule has 0 unspecified atom stereocenters. The summed E-state index contributed by atoms with van der Waals surface area (Å²) in [6.07, 6.45) is 2.93. The Hall–Kier alpha value is -1.66. The molecular weight excluding hydrogens is 284 g/mol. The van der Waals surface area contributed by atoms with Crippen LogP contribution in [0.15, 0.2) is 23.4 Å². The summed E-state index contributed by atoms with van der Waals surface area (Å²) < 4.78 is 5.71. The summed E-state index contributed by atoms with van der Waals surface area (Å²) in [6.45, 7) is 0.160. The molecule has 7 heteroatoms. The molecule has 1 aromatic rings. The van der Waals surface area contributed by atoms with Gasteiger partial charge in [0.05, 0.1) is 28.9 Å². The Morgan fingerprint density at radius 1 is 1.45 bits per heavy atom. The summed E-state index contributed by atoms with van der Waals surface area (Å²) in [7, 11) is 0. The Labute approximate surface area is 121 Å². The zero-order valence-electron chi connectivity index (χ0n) is 10.8. The number of hydrogen-bond acceptors (Lipinski definition) is 5. The van der Waals surface area contributed by atoms with Crippen molar-refractivity contribution in [2.24, 2.45) is 5.16 Å². The lowest BCUT2D eigenvalue weighted by Crippen LogP contribution is -2.21. The second-order valence-electron chi connectivity index (χ2n) is 4.71. The van der Waals surface area contributed by atoms with Crippen molar-refractivity contribution in [2.75, 3.05) is 0 Å². The van der Waals surface area contributed by atoms with E-state index in [9.17, 15) is 10.1 Å². The summed E-state index contributed by atoms with van der Waals surface area (Å²) in [5, 5.41) is 23.3. The molecule has 1 aliphatic rings. The van der Waals surface area contributed by atoms with Crippen LogP contribution in [0.3, 0.4) is 0 Å². The number of ether oxygens (including phenoxy) is 1. The van der Waals surface area contributed by atoms with Gasteiger partial charge in [-0.25, -0.2) is 0 Å². The Balaban J connectivity index is 1.97. The topological polar surface area (TPSA) is 85.0 Å². The van der Waals surface area contributed by atoms with Gasteiger partial charge in [0, 0.05) is 11.1 Å². The van der Waals surface area contributed by atoms with E-state index in [1.54, 1.807) is 6.07 Å². The van der Waals surface area contributed by atoms with Gasteiger partial charge in [0.2, 0.25) is 0 Å². The SMILES string of the molecule is O=[N+]([O-])c1ccc(Cl)cc1COC1CCC(=NO)CC1. The molecule has 0 heterocycles. The van der Waals surface area contributed by atoms with Gasteiger partial charge >= 0.3 is 0 Å². The number of hydrogen-bond donors (Lipinski definition) is 1. The van der Waals surface area contributed by atoms with E-state index in [2.05, 4.69) is 5.16 Å². The van der Waals surface area contributed by atoms with E-state index in [0.717, 1.165) is 18.6 Å². The molecule has 0 saturated heterocycles. The predicted octanol–water partition coefficient (Wildman–Crippen LogP) is 3.54. The van der Waals surface area contributed by atoms with Crippen LogP contribution in [0.5, 0.6) is 0 Å². The maximum Gasteiger partial charge on any atom is 0.275 e. The highest BCUT2D eigenvalue weighted by atomic mass is 35.5. The van der Waals surface area contributed by atoms with Crippen LogP contribution in [-0.2, 0) is 11.3 Å². The molecular formula is C13H15ClN2O4. The molecule has 0 amide bonds. The fourth-order valence-electron chi connectivity index (χ4n) is 2.25. The third-order valence-electron chi connectivity index (χ3n) is 3.36. The van der Waals surface area contributed by atoms with Crippen molar-refractivity contribution in [3.8, 4) is 0 Å². The molecule has 1 fully saturated rings. The van der Waals surface area contributed by atoms with Crippen LogP contribution in [-0.4, -0.2) is 21.9 Å². The van der Waals surface area contributed by atoms with E-state index >= 15 is 0 Å². The van der Waals surface area contributed by atoms with E-state index in [4.69, 9.17) is 21.5 Å². The Morgan fingerprint density at radius 3 is 2.75 bits per heavy atom. The zero-order valence-corrected chi connectivity index (χ0v) is 11.5. The highest BCUT2D eigenvalue weighted by Crippen LogP contribution is 2.26. The van der Waals surface area contributed by atoms with Crippen molar-refractivity contribution in [3.05, 3.63) is 38.9 Å². The second kappa shape index (κ2) is 6.67. The monoisotopic (exact) mass is 298 g/mol. The lowest BCUT2D eigenvalue weighted by atomic mass is 9.96. The van der Waals surface area contributed by atoms with Crippen LogP contribution in [0, 0.1) is 10.1 Å². The van der Waals surface area contributed by atoms with Gasteiger partial charge in [0.15, 0.2) is 0 Å². The average Bonchev–Trinajstić information content (AvgIpc) is 2.45. The maximum atomic E-state index is 10.9. The van der Waals surface area contributed by atoms with E-state index < -0.39 is 4.92 Å². The number of benzene rings is 1. The molecule has 108 valence electrons. The lowest BCUT2D eigenvalue weighted by molar-refractivity contribution is -0.386. The van der Waals surface area contributed by atoms with Crippen LogP contribution in [0.4, 0.5) is 5.69 Å². The van der Waals surface area contributed by atoms with Gasteiger partial charge < -0.3 is 9.94 Å². The lowest BCUT2D eigenvalue weighted by Gasteiger charge is -2.22. The average molecular weight is 299 g/mol. The van der Waals surface area contributed by atoms with Gasteiger partial charge in [0.1, 0.15) is 0 Å². The van der Waals surface area contributed by atoms with Gasteiger partial charge in [-0.3, -0.25) is 10.1 Å². The highest BCUT2D eigenvalue weighted by molar-refractivity contribution is 6.30. The Morgan fingerprint density at radius 2 is 2.15 bits per heavy atom. The fourth-order valence-corrected chi connectivity index (χ4v) is 2.44. The van der Waals surface area contributed by atoms with E-state index in [1.165, 1.54) is 12.1 Å². The summed E-state index contributed by atoms with van der Waals surface area (Å²) in [5.74, 6) is 0. The smallest absolute Gasteiger partial charge is 0.275 e. The third kappa shape index (κ3) is 3.68. The summed E-state index contributed by atoms with van der Waals surface area (Å²) in [4.78, 5) is 10.5. The molecule has 0 aromatic heterocycles. The normalized spacial score (nSPS) is 18.9. The molecule has 1 N–H and O–H groups in total. The standard InChI is InChI=1S/C13H15ClN2O4/c14-10-1-6-13(16(18)19)9(7-10)8-20-12-4-2-11(15-17)3-5-12/h1,6-7,12,17H,2-5,8H2. The largest absolute Gasteiger partial charge is 0.411 e. The molecule has 0 bridgehead atoms. The first-order valence-electron chi connectivity index (χ1n) is 6.34. The van der Waals surface area contributed by atoms with Crippen molar-refractivity contribution in [3.63, 3.8) is 0 Å². The molecule has 6 nitrogen and oxygen atoms in total. The fraction of sp³-hybridized carbons (Fsp3) is 0.462. The van der Waals surface area contributed by atoms with Crippen molar-refractivity contribution < 1.29 is 14.9 Å². The molecule has 0 radical (unpaired) electrons. The van der Waals surface area contributed by atoms with Crippen LogP contribution in [0.2, 0.25) is 5.02 Å². The van der Waals surface area contributed by atoms with Crippen LogP contribution >= 0.6 is 11.6 Å². The molecule has 0 aliphatic heterocycles. The minimum absolute atomic E-state index is 0.0165. The number of nitrogens with zero attached hydrogens (tertiary/aromatic N) is 2. The Bertz CT molecular complexity index is 523. The number of nitro benzene ring substituents is 1. The first kappa shape index (κ1) is 14.7. The van der Waals surface area contributed by atoms with Crippen molar-refractivity contribution in [1.82, 2.24) is 0 Å².